The first-order chi connectivity index (χ1) is 11.8. The van der Waals surface area contributed by atoms with Gasteiger partial charge in [-0.3, -0.25) is 9.59 Å². The average Bonchev–Trinajstić information content (AvgIpc) is 2.53. The van der Waals surface area contributed by atoms with E-state index >= 15 is 0 Å². The van der Waals surface area contributed by atoms with Crippen molar-refractivity contribution in [2.45, 2.75) is 20.3 Å². The van der Waals surface area contributed by atoms with Gasteiger partial charge in [0.15, 0.2) is 0 Å². The number of hydrogen-bond acceptors (Lipinski definition) is 2. The van der Waals surface area contributed by atoms with Crippen LogP contribution in [0, 0.1) is 6.92 Å². The summed E-state index contributed by atoms with van der Waals surface area (Å²) < 4.78 is 0. The number of carbonyl (C=O) groups is 2. The molecule has 2 amide bonds. The van der Waals surface area contributed by atoms with E-state index in [-0.39, 0.29) is 24.8 Å². The van der Waals surface area contributed by atoms with E-state index in [0.29, 0.717) is 26.4 Å². The van der Waals surface area contributed by atoms with Crippen molar-refractivity contribution in [3.63, 3.8) is 0 Å². The molecule has 0 atom stereocenters. The van der Waals surface area contributed by atoms with Crippen LogP contribution in [0.3, 0.4) is 0 Å². The zero-order chi connectivity index (χ0) is 18.6. The molecule has 0 saturated carbocycles. The minimum absolute atomic E-state index is 0.141. The molecule has 2 aromatic rings. The normalized spacial score (nSPS) is 10.4. The maximum Gasteiger partial charge on any atom is 0.226 e. The van der Waals surface area contributed by atoms with Gasteiger partial charge in [-0.15, -0.1) is 0 Å². The fourth-order valence-electron chi connectivity index (χ4n) is 2.31. The summed E-state index contributed by atoms with van der Waals surface area (Å²) in [5.74, 6) is -0.384. The minimum atomic E-state index is -0.197. The van der Waals surface area contributed by atoms with E-state index in [1.807, 2.05) is 6.92 Å². The van der Waals surface area contributed by atoms with E-state index in [0.717, 1.165) is 5.56 Å². The van der Waals surface area contributed by atoms with Crippen molar-refractivity contribution in [3.05, 3.63) is 57.0 Å². The fraction of sp³-hybridized carbons (Fsp3) is 0.222. The molecule has 0 aliphatic carbocycles. The Balaban J connectivity index is 2.04. The topological polar surface area (TPSA) is 49.4 Å². The van der Waals surface area contributed by atoms with Gasteiger partial charge in [-0.25, -0.2) is 0 Å². The van der Waals surface area contributed by atoms with Crippen LogP contribution >= 0.6 is 34.8 Å². The van der Waals surface area contributed by atoms with Gasteiger partial charge in [0.25, 0.3) is 0 Å². The standard InChI is InChI=1S/C18H17Cl3N2O2/c1-11-9-13(19)3-6-17(11)22-18(25)7-8-23(12(2)24)14-4-5-15(20)16(21)10-14/h3-6,9-10H,7-8H2,1-2H3,(H,22,25). The van der Waals surface area contributed by atoms with E-state index in [1.54, 1.807) is 36.4 Å². The Labute approximate surface area is 161 Å². The Morgan fingerprint density at radius 2 is 1.76 bits per heavy atom. The number of carbonyl (C=O) groups excluding carboxylic acids is 2. The van der Waals surface area contributed by atoms with Crippen molar-refractivity contribution in [1.29, 1.82) is 0 Å². The third kappa shape index (κ3) is 5.36. The predicted molar refractivity (Wildman–Crippen MR) is 104 cm³/mol. The number of halogens is 3. The van der Waals surface area contributed by atoms with Gasteiger partial charge < -0.3 is 10.2 Å². The molecule has 2 rings (SSSR count). The predicted octanol–water partition coefficient (Wildman–Crippen LogP) is 5.34. The van der Waals surface area contributed by atoms with Gasteiger partial charge in [0.05, 0.1) is 10.0 Å². The number of nitrogens with zero attached hydrogens (tertiary/aromatic N) is 1. The van der Waals surface area contributed by atoms with Crippen LogP contribution in [0.25, 0.3) is 0 Å². The lowest BCUT2D eigenvalue weighted by Gasteiger charge is -2.21. The highest BCUT2D eigenvalue weighted by Crippen LogP contribution is 2.27. The van der Waals surface area contributed by atoms with E-state index in [2.05, 4.69) is 5.32 Å². The monoisotopic (exact) mass is 398 g/mol. The van der Waals surface area contributed by atoms with Crippen LogP contribution in [-0.4, -0.2) is 18.4 Å². The molecule has 0 aliphatic heterocycles. The van der Waals surface area contributed by atoms with Crippen LogP contribution in [0.1, 0.15) is 18.9 Å². The molecule has 2 aromatic carbocycles. The average molecular weight is 400 g/mol. The lowest BCUT2D eigenvalue weighted by atomic mass is 10.2. The molecule has 0 radical (unpaired) electrons. The third-order valence-corrected chi connectivity index (χ3v) is 4.59. The SMILES string of the molecule is CC(=O)N(CCC(=O)Nc1ccc(Cl)cc1C)c1ccc(Cl)c(Cl)c1. The van der Waals surface area contributed by atoms with Crippen molar-refractivity contribution in [2.24, 2.45) is 0 Å². The van der Waals surface area contributed by atoms with Gasteiger partial charge in [-0.1, -0.05) is 34.8 Å². The Bertz CT molecular complexity index is 809. The third-order valence-electron chi connectivity index (χ3n) is 3.62. The molecular formula is C18H17Cl3N2O2. The minimum Gasteiger partial charge on any atom is -0.326 e. The molecular weight excluding hydrogens is 383 g/mol. The Morgan fingerprint density at radius 1 is 1.04 bits per heavy atom. The largest absolute Gasteiger partial charge is 0.326 e. The molecule has 0 fully saturated rings. The summed E-state index contributed by atoms with van der Waals surface area (Å²) in [7, 11) is 0. The first-order valence-corrected chi connectivity index (χ1v) is 8.70. The number of aryl methyl sites for hydroxylation is 1. The van der Waals surface area contributed by atoms with Crippen molar-refractivity contribution in [3.8, 4) is 0 Å². The van der Waals surface area contributed by atoms with Crippen LogP contribution in [0.15, 0.2) is 36.4 Å². The van der Waals surface area contributed by atoms with Gasteiger partial charge in [-0.05, 0) is 48.9 Å². The van der Waals surface area contributed by atoms with Gasteiger partial charge >= 0.3 is 0 Å². The summed E-state index contributed by atoms with van der Waals surface area (Å²) in [6, 6.07) is 10.1. The number of hydrogen-bond donors (Lipinski definition) is 1. The molecule has 0 unspecified atom stereocenters. The first kappa shape index (κ1) is 19.6. The molecule has 1 N–H and O–H groups in total. The first-order valence-electron chi connectivity index (χ1n) is 7.57. The van der Waals surface area contributed by atoms with E-state index in [1.165, 1.54) is 11.8 Å². The van der Waals surface area contributed by atoms with Crippen LogP contribution in [-0.2, 0) is 9.59 Å². The molecule has 4 nitrogen and oxygen atoms in total. The summed E-state index contributed by atoms with van der Waals surface area (Å²) in [5, 5.41) is 4.19. The molecule has 7 heteroatoms. The maximum absolute atomic E-state index is 12.2. The molecule has 0 saturated heterocycles. The Kier molecular flexibility index (Phi) is 6.71. The zero-order valence-electron chi connectivity index (χ0n) is 13.8. The second-order valence-electron chi connectivity index (χ2n) is 5.53. The highest BCUT2D eigenvalue weighted by atomic mass is 35.5. The van der Waals surface area contributed by atoms with Crippen LogP contribution in [0.2, 0.25) is 15.1 Å². The summed E-state index contributed by atoms with van der Waals surface area (Å²) in [6.07, 6.45) is 0.141. The van der Waals surface area contributed by atoms with Crippen LogP contribution < -0.4 is 10.2 Å². The van der Waals surface area contributed by atoms with Crippen LogP contribution in [0.5, 0.6) is 0 Å². The summed E-state index contributed by atoms with van der Waals surface area (Å²) in [6.45, 7) is 3.52. The number of rotatable bonds is 5. The lowest BCUT2D eigenvalue weighted by molar-refractivity contribution is -0.117. The second kappa shape index (κ2) is 8.56. The maximum atomic E-state index is 12.2. The van der Waals surface area contributed by atoms with Gasteiger partial charge in [0.2, 0.25) is 11.8 Å². The number of nitrogens with one attached hydrogen (secondary N) is 1. The molecule has 0 aromatic heterocycles. The lowest BCUT2D eigenvalue weighted by Crippen LogP contribution is -2.32. The molecule has 0 aliphatic rings. The van der Waals surface area contributed by atoms with Gasteiger partial charge in [0.1, 0.15) is 0 Å². The Hall–Kier alpha value is -1.75. The van der Waals surface area contributed by atoms with Crippen molar-refractivity contribution in [2.75, 3.05) is 16.8 Å². The molecule has 0 heterocycles. The molecule has 25 heavy (non-hydrogen) atoms. The van der Waals surface area contributed by atoms with E-state index < -0.39 is 0 Å². The van der Waals surface area contributed by atoms with Crippen molar-refractivity contribution in [1.82, 2.24) is 0 Å². The summed E-state index contributed by atoms with van der Waals surface area (Å²) >= 11 is 17.8. The molecule has 0 bridgehead atoms. The molecule has 132 valence electrons. The second-order valence-corrected chi connectivity index (χ2v) is 6.78. The quantitative estimate of drug-likeness (QED) is 0.738. The van der Waals surface area contributed by atoms with Crippen molar-refractivity contribution < 1.29 is 9.59 Å². The smallest absolute Gasteiger partial charge is 0.226 e. The Morgan fingerprint density at radius 3 is 2.36 bits per heavy atom. The van der Waals surface area contributed by atoms with Gasteiger partial charge in [-0.2, -0.15) is 0 Å². The van der Waals surface area contributed by atoms with E-state index in [9.17, 15) is 9.59 Å². The van der Waals surface area contributed by atoms with E-state index in [4.69, 9.17) is 34.8 Å². The van der Waals surface area contributed by atoms with Gasteiger partial charge in [0, 0.05) is 36.3 Å². The molecule has 0 spiro atoms. The summed E-state index contributed by atoms with van der Waals surface area (Å²) in [4.78, 5) is 25.6. The number of amides is 2. The highest BCUT2D eigenvalue weighted by molar-refractivity contribution is 6.42. The summed E-state index contributed by atoms with van der Waals surface area (Å²) in [5.41, 5.74) is 2.16. The zero-order valence-corrected chi connectivity index (χ0v) is 16.0. The fourth-order valence-corrected chi connectivity index (χ4v) is 2.83. The highest BCUT2D eigenvalue weighted by Gasteiger charge is 2.15. The van der Waals surface area contributed by atoms with Crippen molar-refractivity contribution >= 4 is 58.0 Å². The van der Waals surface area contributed by atoms with Crippen LogP contribution in [0.4, 0.5) is 11.4 Å². The number of anilines is 2. The number of benzene rings is 2.